The van der Waals surface area contributed by atoms with Crippen molar-refractivity contribution in [2.75, 3.05) is 14.2 Å². The van der Waals surface area contributed by atoms with E-state index in [9.17, 15) is 4.39 Å². The first-order valence-electron chi connectivity index (χ1n) is 8.45. The molecule has 1 aliphatic rings. The highest BCUT2D eigenvalue weighted by Crippen LogP contribution is 2.40. The maximum atomic E-state index is 13.6. The topological polar surface area (TPSA) is 106 Å². The van der Waals surface area contributed by atoms with E-state index in [-0.39, 0.29) is 12.4 Å². The third-order valence-electron chi connectivity index (χ3n) is 4.45. The highest BCUT2D eigenvalue weighted by atomic mass is 35.5. The van der Waals surface area contributed by atoms with E-state index in [2.05, 4.69) is 9.97 Å². The van der Waals surface area contributed by atoms with E-state index in [1.165, 1.54) is 44.8 Å². The van der Waals surface area contributed by atoms with Crippen LogP contribution < -0.4 is 25.7 Å². The number of halogens is 3. The summed E-state index contributed by atoms with van der Waals surface area (Å²) in [5.41, 5.74) is 11.3. The van der Waals surface area contributed by atoms with Crippen molar-refractivity contribution in [1.29, 1.82) is 0 Å². The van der Waals surface area contributed by atoms with Crippen LogP contribution in [0.1, 0.15) is 11.4 Å². The molecule has 0 fully saturated rings. The van der Waals surface area contributed by atoms with E-state index in [1.54, 1.807) is 6.07 Å². The molecule has 3 rings (SSSR count). The predicted octanol–water partition coefficient (Wildman–Crippen LogP) is 3.28. The predicted molar refractivity (Wildman–Crippen MR) is 108 cm³/mol. The summed E-state index contributed by atoms with van der Waals surface area (Å²) in [6, 6.07) is 0.914. The molecule has 7 nitrogen and oxygen atoms in total. The number of rotatable bonds is 6. The van der Waals surface area contributed by atoms with Gasteiger partial charge in [-0.15, -0.1) is 0 Å². The van der Waals surface area contributed by atoms with Gasteiger partial charge in [0.2, 0.25) is 0 Å². The van der Waals surface area contributed by atoms with Crippen LogP contribution in [0.15, 0.2) is 42.5 Å². The lowest BCUT2D eigenvalue weighted by Gasteiger charge is -2.31. The highest BCUT2D eigenvalue weighted by Gasteiger charge is 2.36. The molecular formula is C19H19Cl2FN4O3. The smallest absolute Gasteiger partial charge is 0.156 e. The van der Waals surface area contributed by atoms with Crippen LogP contribution in [0.4, 0.5) is 4.39 Å². The van der Waals surface area contributed by atoms with Gasteiger partial charge in [0.05, 0.1) is 42.7 Å². The van der Waals surface area contributed by atoms with Gasteiger partial charge in [-0.25, -0.2) is 14.4 Å². The molecule has 0 radical (unpaired) electrons. The molecule has 10 heteroatoms. The summed E-state index contributed by atoms with van der Waals surface area (Å²) in [7, 11) is 2.97. The van der Waals surface area contributed by atoms with Crippen molar-refractivity contribution in [2.24, 2.45) is 11.5 Å². The number of benzene rings is 1. The van der Waals surface area contributed by atoms with Crippen LogP contribution in [-0.2, 0) is 12.1 Å². The van der Waals surface area contributed by atoms with Gasteiger partial charge >= 0.3 is 0 Å². The summed E-state index contributed by atoms with van der Waals surface area (Å²) >= 11 is 12.7. The standard InChI is InChI=1S/C19H19Cl2FN4O3/c1-27-13-5-14(28-2)17(21)12(16(13)20)9-29-11-7-25-18(26-8-11)19(24)6-10(22)3-4-15(19)23/h3-8,15H,9,23-24H2,1-2H3. The molecule has 154 valence electrons. The normalized spacial score (nSPS) is 20.9. The Balaban J connectivity index is 1.81. The zero-order valence-corrected chi connectivity index (χ0v) is 17.2. The van der Waals surface area contributed by atoms with Crippen LogP contribution in [0, 0.1) is 0 Å². The summed E-state index contributed by atoms with van der Waals surface area (Å²) in [6.45, 7) is 0.0124. The monoisotopic (exact) mass is 440 g/mol. The molecule has 1 aliphatic carbocycles. The first-order valence-corrected chi connectivity index (χ1v) is 9.21. The Hall–Kier alpha value is -2.39. The number of hydrogen-bond acceptors (Lipinski definition) is 7. The van der Waals surface area contributed by atoms with Crippen molar-refractivity contribution in [1.82, 2.24) is 9.97 Å². The molecule has 2 aromatic rings. The quantitative estimate of drug-likeness (QED) is 0.709. The van der Waals surface area contributed by atoms with Crippen molar-refractivity contribution < 1.29 is 18.6 Å². The molecule has 2 atom stereocenters. The second-order valence-corrected chi connectivity index (χ2v) is 7.02. The summed E-state index contributed by atoms with van der Waals surface area (Å²) in [5.74, 6) is 0.786. The van der Waals surface area contributed by atoms with Gasteiger partial charge in [-0.2, -0.15) is 0 Å². The molecule has 0 spiro atoms. The van der Waals surface area contributed by atoms with Gasteiger partial charge in [0.25, 0.3) is 0 Å². The van der Waals surface area contributed by atoms with E-state index in [1.807, 2.05) is 0 Å². The summed E-state index contributed by atoms with van der Waals surface area (Å²) < 4.78 is 29.8. The molecule has 0 saturated carbocycles. The molecule has 4 N–H and O–H groups in total. The largest absolute Gasteiger partial charge is 0.495 e. The lowest BCUT2D eigenvalue weighted by Crippen LogP contribution is -2.52. The van der Waals surface area contributed by atoms with E-state index < -0.39 is 17.4 Å². The Bertz CT molecular complexity index is 941. The van der Waals surface area contributed by atoms with Crippen LogP contribution in [0.3, 0.4) is 0 Å². The zero-order valence-electron chi connectivity index (χ0n) is 15.7. The first kappa shape index (κ1) is 21.3. The minimum absolute atomic E-state index is 0.0124. The van der Waals surface area contributed by atoms with Crippen LogP contribution >= 0.6 is 23.2 Å². The Morgan fingerprint density at radius 3 is 2.28 bits per heavy atom. The third-order valence-corrected chi connectivity index (χ3v) is 5.28. The van der Waals surface area contributed by atoms with Crippen LogP contribution in [0.2, 0.25) is 10.0 Å². The zero-order chi connectivity index (χ0) is 21.2. The molecule has 29 heavy (non-hydrogen) atoms. The maximum Gasteiger partial charge on any atom is 0.156 e. The number of nitrogens with two attached hydrogens (primary N) is 2. The number of aromatic nitrogens is 2. The van der Waals surface area contributed by atoms with Gasteiger partial charge in [0, 0.05) is 11.6 Å². The van der Waals surface area contributed by atoms with Gasteiger partial charge in [0.1, 0.15) is 29.5 Å². The molecule has 0 bridgehead atoms. The minimum atomic E-state index is -1.36. The Morgan fingerprint density at radius 1 is 1.14 bits per heavy atom. The van der Waals surface area contributed by atoms with E-state index >= 15 is 0 Å². The van der Waals surface area contributed by atoms with Crippen molar-refractivity contribution >= 4 is 23.2 Å². The van der Waals surface area contributed by atoms with E-state index in [4.69, 9.17) is 48.9 Å². The summed E-state index contributed by atoms with van der Waals surface area (Å²) in [4.78, 5) is 8.36. The molecule has 0 saturated heterocycles. The Kier molecular flexibility index (Phi) is 6.28. The number of methoxy groups -OCH3 is 2. The fraction of sp³-hybridized carbons (Fsp3) is 0.263. The van der Waals surface area contributed by atoms with Crippen molar-refractivity contribution in [2.45, 2.75) is 18.2 Å². The highest BCUT2D eigenvalue weighted by molar-refractivity contribution is 6.37. The molecule has 1 heterocycles. The third kappa shape index (κ3) is 4.16. The molecule has 0 aliphatic heterocycles. The van der Waals surface area contributed by atoms with Crippen molar-refractivity contribution in [3.8, 4) is 17.2 Å². The van der Waals surface area contributed by atoms with Gasteiger partial charge in [-0.1, -0.05) is 29.3 Å². The Morgan fingerprint density at radius 2 is 1.72 bits per heavy atom. The SMILES string of the molecule is COc1cc(OC)c(Cl)c(COc2cnc(C3(N)C=C(F)C=CC3N)nc2)c1Cl. The summed E-state index contributed by atoms with van der Waals surface area (Å²) in [5, 5.41) is 0.606. The number of allylic oxidation sites excluding steroid dienone is 2. The second kappa shape index (κ2) is 8.54. The fourth-order valence-corrected chi connectivity index (χ4v) is 3.38. The Labute approximate surface area is 177 Å². The second-order valence-electron chi connectivity index (χ2n) is 6.27. The van der Waals surface area contributed by atoms with Gasteiger partial charge in [-0.05, 0) is 12.2 Å². The summed E-state index contributed by atoms with van der Waals surface area (Å²) in [6.07, 6.45) is 6.72. The lowest BCUT2D eigenvalue weighted by molar-refractivity contribution is 0.300. The van der Waals surface area contributed by atoms with Gasteiger partial charge in [0.15, 0.2) is 11.6 Å². The average molecular weight is 441 g/mol. The fourth-order valence-electron chi connectivity index (χ4n) is 2.77. The molecule has 1 aromatic heterocycles. The van der Waals surface area contributed by atoms with E-state index in [0.29, 0.717) is 32.9 Å². The minimum Gasteiger partial charge on any atom is -0.495 e. The van der Waals surface area contributed by atoms with Gasteiger partial charge in [-0.3, -0.25) is 0 Å². The van der Waals surface area contributed by atoms with Crippen LogP contribution in [-0.4, -0.2) is 30.2 Å². The van der Waals surface area contributed by atoms with Crippen molar-refractivity contribution in [3.63, 3.8) is 0 Å². The molecule has 1 aromatic carbocycles. The maximum absolute atomic E-state index is 13.6. The molecular weight excluding hydrogens is 422 g/mol. The number of nitrogens with zero attached hydrogens (tertiary/aromatic N) is 2. The van der Waals surface area contributed by atoms with Crippen LogP contribution in [0.25, 0.3) is 0 Å². The van der Waals surface area contributed by atoms with Crippen molar-refractivity contribution in [3.05, 3.63) is 63.9 Å². The number of hydrogen-bond donors (Lipinski definition) is 2. The number of ether oxygens (including phenoxy) is 3. The lowest BCUT2D eigenvalue weighted by atomic mass is 9.86. The first-order chi connectivity index (χ1) is 13.8. The van der Waals surface area contributed by atoms with E-state index in [0.717, 1.165) is 0 Å². The molecule has 2 unspecified atom stereocenters. The molecule has 0 amide bonds. The average Bonchev–Trinajstić information content (AvgIpc) is 2.71. The van der Waals surface area contributed by atoms with Gasteiger partial charge < -0.3 is 25.7 Å². The van der Waals surface area contributed by atoms with Crippen LogP contribution in [0.5, 0.6) is 17.2 Å².